The standard InChI is InChI=1S/C21H19NO4/c1-24-21(23)9-14-12-25-20-10-15(5-6-17(14)20)26-19-8-7-16-13(11-22)3-2-4-18(16)19/h2-6,10,14,19H,7-9,12H2,1H3/t14?,19-/m1/s1. The van der Waals surface area contributed by atoms with Gasteiger partial charge in [-0.1, -0.05) is 18.2 Å². The van der Waals surface area contributed by atoms with Crippen molar-refractivity contribution in [2.75, 3.05) is 13.7 Å². The third-order valence-electron chi connectivity index (χ3n) is 5.12. The van der Waals surface area contributed by atoms with Crippen LogP contribution in [0.25, 0.3) is 0 Å². The van der Waals surface area contributed by atoms with E-state index in [1.54, 1.807) is 0 Å². The molecule has 0 amide bonds. The van der Waals surface area contributed by atoms with E-state index in [4.69, 9.17) is 14.2 Å². The number of carbonyl (C=O) groups is 1. The zero-order valence-electron chi connectivity index (χ0n) is 14.5. The molecule has 0 aromatic heterocycles. The summed E-state index contributed by atoms with van der Waals surface area (Å²) >= 11 is 0. The number of fused-ring (bicyclic) bond motifs is 2. The van der Waals surface area contributed by atoms with Crippen LogP contribution in [0.1, 0.15) is 47.1 Å². The maximum Gasteiger partial charge on any atom is 0.306 e. The Kier molecular flexibility index (Phi) is 4.26. The van der Waals surface area contributed by atoms with Gasteiger partial charge in [-0.15, -0.1) is 0 Å². The van der Waals surface area contributed by atoms with Crippen molar-refractivity contribution < 1.29 is 19.0 Å². The van der Waals surface area contributed by atoms with Crippen molar-refractivity contribution in [1.82, 2.24) is 0 Å². The summed E-state index contributed by atoms with van der Waals surface area (Å²) in [5.74, 6) is 1.29. The second kappa shape index (κ2) is 6.72. The average molecular weight is 349 g/mol. The van der Waals surface area contributed by atoms with Crippen LogP contribution in [0.5, 0.6) is 11.5 Å². The zero-order chi connectivity index (χ0) is 18.1. The largest absolute Gasteiger partial charge is 0.492 e. The molecule has 2 aliphatic rings. The Labute approximate surface area is 152 Å². The van der Waals surface area contributed by atoms with E-state index in [-0.39, 0.29) is 18.0 Å². The van der Waals surface area contributed by atoms with Gasteiger partial charge in [-0.3, -0.25) is 4.79 Å². The minimum absolute atomic E-state index is 0.0249. The fourth-order valence-corrected chi connectivity index (χ4v) is 3.79. The van der Waals surface area contributed by atoms with Gasteiger partial charge in [-0.25, -0.2) is 0 Å². The van der Waals surface area contributed by atoms with E-state index in [0.717, 1.165) is 46.6 Å². The van der Waals surface area contributed by atoms with Crippen molar-refractivity contribution in [3.05, 3.63) is 58.7 Å². The first-order valence-corrected chi connectivity index (χ1v) is 8.71. The summed E-state index contributed by atoms with van der Waals surface area (Å²) in [6.07, 6.45) is 1.98. The van der Waals surface area contributed by atoms with Crippen LogP contribution in [0.2, 0.25) is 0 Å². The number of hydrogen-bond acceptors (Lipinski definition) is 5. The highest BCUT2D eigenvalue weighted by molar-refractivity contribution is 5.71. The van der Waals surface area contributed by atoms with Crippen LogP contribution in [0, 0.1) is 11.3 Å². The zero-order valence-corrected chi connectivity index (χ0v) is 14.5. The lowest BCUT2D eigenvalue weighted by atomic mass is 9.98. The third-order valence-corrected chi connectivity index (χ3v) is 5.12. The van der Waals surface area contributed by atoms with E-state index in [2.05, 4.69) is 6.07 Å². The van der Waals surface area contributed by atoms with Crippen molar-refractivity contribution in [2.45, 2.75) is 31.3 Å². The molecule has 0 fully saturated rings. The molecule has 1 heterocycles. The molecule has 2 aromatic carbocycles. The Bertz CT molecular complexity index is 899. The first-order valence-electron chi connectivity index (χ1n) is 8.71. The number of hydrogen-bond donors (Lipinski definition) is 0. The molecule has 0 radical (unpaired) electrons. The summed E-state index contributed by atoms with van der Waals surface area (Å²) in [4.78, 5) is 11.5. The van der Waals surface area contributed by atoms with Crippen molar-refractivity contribution in [1.29, 1.82) is 5.26 Å². The summed E-state index contributed by atoms with van der Waals surface area (Å²) in [7, 11) is 1.40. The molecule has 132 valence electrons. The Morgan fingerprint density at radius 1 is 1.31 bits per heavy atom. The van der Waals surface area contributed by atoms with Gasteiger partial charge in [0.25, 0.3) is 0 Å². The maximum atomic E-state index is 11.5. The van der Waals surface area contributed by atoms with E-state index in [9.17, 15) is 10.1 Å². The van der Waals surface area contributed by atoms with Gasteiger partial charge in [-0.05, 0) is 36.1 Å². The highest BCUT2D eigenvalue weighted by Gasteiger charge is 2.29. The number of methoxy groups -OCH3 is 1. The van der Waals surface area contributed by atoms with E-state index in [1.807, 2.05) is 36.4 Å². The molecule has 0 N–H and O–H groups in total. The van der Waals surface area contributed by atoms with E-state index in [1.165, 1.54) is 7.11 Å². The van der Waals surface area contributed by atoms with Crippen LogP contribution in [0.15, 0.2) is 36.4 Å². The molecule has 26 heavy (non-hydrogen) atoms. The Morgan fingerprint density at radius 3 is 3.00 bits per heavy atom. The summed E-state index contributed by atoms with van der Waals surface area (Å²) in [6.45, 7) is 0.478. The fraction of sp³-hybridized carbons (Fsp3) is 0.333. The number of ether oxygens (including phenoxy) is 3. The minimum Gasteiger partial charge on any atom is -0.492 e. The van der Waals surface area contributed by atoms with Crippen molar-refractivity contribution >= 4 is 5.97 Å². The van der Waals surface area contributed by atoms with Crippen LogP contribution in [0.3, 0.4) is 0 Å². The smallest absolute Gasteiger partial charge is 0.306 e. The maximum absolute atomic E-state index is 11.5. The molecule has 2 aromatic rings. The molecule has 0 bridgehead atoms. The number of rotatable bonds is 4. The number of nitriles is 1. The lowest BCUT2D eigenvalue weighted by molar-refractivity contribution is -0.141. The molecule has 0 spiro atoms. The molecule has 5 nitrogen and oxygen atoms in total. The van der Waals surface area contributed by atoms with Gasteiger partial charge in [0.2, 0.25) is 0 Å². The van der Waals surface area contributed by atoms with E-state index in [0.29, 0.717) is 13.0 Å². The molecule has 4 rings (SSSR count). The lowest BCUT2D eigenvalue weighted by Gasteiger charge is -2.16. The molecule has 1 unspecified atom stereocenters. The van der Waals surface area contributed by atoms with Crippen LogP contribution < -0.4 is 9.47 Å². The monoisotopic (exact) mass is 349 g/mol. The van der Waals surface area contributed by atoms with Gasteiger partial charge in [0.15, 0.2) is 0 Å². The van der Waals surface area contributed by atoms with Crippen LogP contribution in [-0.4, -0.2) is 19.7 Å². The first-order chi connectivity index (χ1) is 12.7. The third kappa shape index (κ3) is 2.88. The second-order valence-electron chi connectivity index (χ2n) is 6.62. The second-order valence-corrected chi connectivity index (χ2v) is 6.62. The van der Waals surface area contributed by atoms with Crippen LogP contribution >= 0.6 is 0 Å². The Balaban J connectivity index is 1.52. The number of nitrogens with zero attached hydrogens (tertiary/aromatic N) is 1. The molecule has 0 saturated carbocycles. The predicted octanol–water partition coefficient (Wildman–Crippen LogP) is 3.66. The van der Waals surface area contributed by atoms with E-state index < -0.39 is 0 Å². The first kappa shape index (κ1) is 16.5. The van der Waals surface area contributed by atoms with Crippen molar-refractivity contribution in [3.8, 4) is 17.6 Å². The minimum atomic E-state index is -0.234. The molecule has 5 heteroatoms. The highest BCUT2D eigenvalue weighted by atomic mass is 16.5. The van der Waals surface area contributed by atoms with Gasteiger partial charge in [0, 0.05) is 17.5 Å². The quantitative estimate of drug-likeness (QED) is 0.788. The van der Waals surface area contributed by atoms with E-state index >= 15 is 0 Å². The summed E-state index contributed by atoms with van der Waals surface area (Å²) < 4.78 is 16.7. The Morgan fingerprint density at radius 2 is 2.19 bits per heavy atom. The van der Waals surface area contributed by atoms with Gasteiger partial charge >= 0.3 is 5.97 Å². The van der Waals surface area contributed by atoms with Gasteiger partial charge in [0.05, 0.1) is 31.8 Å². The van der Waals surface area contributed by atoms with Crippen LogP contribution in [0.4, 0.5) is 0 Å². The highest BCUT2D eigenvalue weighted by Crippen LogP contribution is 2.41. The molecular weight excluding hydrogens is 330 g/mol. The summed E-state index contributed by atoms with van der Waals surface area (Å²) in [6, 6.07) is 13.8. The van der Waals surface area contributed by atoms with Gasteiger partial charge < -0.3 is 14.2 Å². The lowest BCUT2D eigenvalue weighted by Crippen LogP contribution is -2.09. The number of benzene rings is 2. The SMILES string of the molecule is COC(=O)CC1COc2cc(O[C@@H]3CCc4c(C#N)cccc43)ccc21. The normalized spacial score (nSPS) is 19.8. The number of carbonyl (C=O) groups excluding carboxylic acids is 1. The molecule has 1 aliphatic heterocycles. The Hall–Kier alpha value is -3.00. The van der Waals surface area contributed by atoms with Crippen molar-refractivity contribution in [3.63, 3.8) is 0 Å². The topological polar surface area (TPSA) is 68.6 Å². The fourth-order valence-electron chi connectivity index (χ4n) is 3.79. The van der Waals surface area contributed by atoms with Gasteiger partial charge in [0.1, 0.15) is 17.6 Å². The molecule has 2 atom stereocenters. The average Bonchev–Trinajstić information content (AvgIpc) is 3.26. The molecular formula is C21H19NO4. The summed E-state index contributed by atoms with van der Waals surface area (Å²) in [5.41, 5.74) is 3.93. The van der Waals surface area contributed by atoms with Crippen molar-refractivity contribution in [2.24, 2.45) is 0 Å². The molecule has 0 saturated heterocycles. The van der Waals surface area contributed by atoms with Gasteiger partial charge in [-0.2, -0.15) is 5.26 Å². The predicted molar refractivity (Wildman–Crippen MR) is 94.2 cm³/mol. The molecule has 1 aliphatic carbocycles. The number of esters is 1. The van der Waals surface area contributed by atoms with Crippen LogP contribution in [-0.2, 0) is 16.0 Å². The summed E-state index contributed by atoms with van der Waals surface area (Å²) in [5, 5.41) is 9.25.